The van der Waals surface area contributed by atoms with Crippen molar-refractivity contribution >= 4 is 22.8 Å². The number of hydrogen-bond donors (Lipinski definition) is 2. The number of piperidine rings is 1. The Labute approximate surface area is 176 Å². The van der Waals surface area contributed by atoms with Crippen molar-refractivity contribution in [2.75, 3.05) is 57.9 Å². The summed E-state index contributed by atoms with van der Waals surface area (Å²) in [6.45, 7) is 8.83. The summed E-state index contributed by atoms with van der Waals surface area (Å²) in [5.74, 6) is 0.922. The lowest BCUT2D eigenvalue weighted by Gasteiger charge is -2.31. The molecule has 164 valence electrons. The third kappa shape index (κ3) is 5.34. The number of ether oxygens (including phenoxy) is 1. The molecule has 0 saturated carbocycles. The van der Waals surface area contributed by atoms with Crippen molar-refractivity contribution in [1.29, 1.82) is 0 Å². The summed E-state index contributed by atoms with van der Waals surface area (Å²) in [6.07, 6.45) is 3.39. The Kier molecular flexibility index (Phi) is 7.75. The Bertz CT molecular complexity index is 903. The molecule has 0 bridgehead atoms. The van der Waals surface area contributed by atoms with E-state index in [9.17, 15) is 9.59 Å². The first kappa shape index (κ1) is 22.2. The number of fused-ring (bicyclic) bond motifs is 1. The quantitative estimate of drug-likeness (QED) is 0.590. The van der Waals surface area contributed by atoms with E-state index in [0.717, 1.165) is 44.7 Å². The van der Waals surface area contributed by atoms with Crippen LogP contribution in [-0.2, 0) is 9.53 Å². The van der Waals surface area contributed by atoms with Crippen LogP contribution >= 0.6 is 0 Å². The first-order valence-corrected chi connectivity index (χ1v) is 10.7. The van der Waals surface area contributed by atoms with E-state index >= 15 is 0 Å². The van der Waals surface area contributed by atoms with Crippen LogP contribution in [0.1, 0.15) is 38.3 Å². The van der Waals surface area contributed by atoms with Crippen molar-refractivity contribution in [2.45, 2.75) is 32.6 Å². The maximum Gasteiger partial charge on any atom is 0.259 e. The average molecular weight is 417 g/mol. The molecule has 0 aliphatic carbocycles. The fourth-order valence-electron chi connectivity index (χ4n) is 3.88. The topological polar surface area (TPSA) is 103 Å². The van der Waals surface area contributed by atoms with Gasteiger partial charge < -0.3 is 19.9 Å². The van der Waals surface area contributed by atoms with Crippen LogP contribution in [0.3, 0.4) is 0 Å². The van der Waals surface area contributed by atoms with Crippen LogP contribution in [0.15, 0.2) is 17.1 Å². The SMILES string of the molecule is CCN(CC)c1ncc2c(=O)[nH]c(C3CCN(CC(=O)NCCOC)CC3)cc2n1. The van der Waals surface area contributed by atoms with Gasteiger partial charge in [-0.05, 0) is 45.8 Å². The van der Waals surface area contributed by atoms with Crippen LogP contribution in [0.4, 0.5) is 5.95 Å². The summed E-state index contributed by atoms with van der Waals surface area (Å²) in [5, 5.41) is 3.37. The van der Waals surface area contributed by atoms with E-state index in [1.165, 1.54) is 0 Å². The highest BCUT2D eigenvalue weighted by atomic mass is 16.5. The second-order valence-corrected chi connectivity index (χ2v) is 7.59. The van der Waals surface area contributed by atoms with Crippen molar-refractivity contribution in [3.63, 3.8) is 0 Å². The number of pyridine rings is 1. The normalized spacial score (nSPS) is 15.4. The molecule has 2 aromatic heterocycles. The number of H-pyrrole nitrogens is 1. The molecule has 9 heteroatoms. The zero-order valence-electron chi connectivity index (χ0n) is 18.1. The number of nitrogens with one attached hydrogen (secondary N) is 2. The summed E-state index contributed by atoms with van der Waals surface area (Å²) < 4.78 is 4.95. The maximum absolute atomic E-state index is 12.6. The molecule has 0 unspecified atom stereocenters. The highest BCUT2D eigenvalue weighted by molar-refractivity contribution is 5.78. The molecule has 1 amide bonds. The van der Waals surface area contributed by atoms with Crippen LogP contribution in [0.2, 0.25) is 0 Å². The van der Waals surface area contributed by atoms with Gasteiger partial charge in [-0.3, -0.25) is 14.5 Å². The molecule has 1 saturated heterocycles. The predicted octanol–water partition coefficient (Wildman–Crippen LogP) is 1.11. The van der Waals surface area contributed by atoms with E-state index in [-0.39, 0.29) is 17.4 Å². The van der Waals surface area contributed by atoms with Crippen LogP contribution in [0.5, 0.6) is 0 Å². The lowest BCUT2D eigenvalue weighted by atomic mass is 9.92. The standard InChI is InChI=1S/C21H32N6O3/c1-4-27(5-2)21-23-13-16-18(25-21)12-17(24-20(16)29)15-6-9-26(10-7-15)14-19(28)22-8-11-30-3/h12-13,15H,4-11,14H2,1-3H3,(H,22,28)(H,24,29). The molecule has 1 fully saturated rings. The monoisotopic (exact) mass is 416 g/mol. The molecule has 0 radical (unpaired) electrons. The minimum atomic E-state index is -0.145. The molecule has 1 aliphatic heterocycles. The van der Waals surface area contributed by atoms with E-state index in [0.29, 0.717) is 36.5 Å². The molecule has 0 spiro atoms. The number of aromatic amines is 1. The van der Waals surface area contributed by atoms with Crippen molar-refractivity contribution in [3.8, 4) is 0 Å². The fraction of sp³-hybridized carbons (Fsp3) is 0.619. The Morgan fingerprint density at radius 1 is 1.33 bits per heavy atom. The Morgan fingerprint density at radius 3 is 2.73 bits per heavy atom. The largest absolute Gasteiger partial charge is 0.383 e. The number of carbonyl (C=O) groups excluding carboxylic acids is 1. The summed E-state index contributed by atoms with van der Waals surface area (Å²) in [7, 11) is 1.62. The highest BCUT2D eigenvalue weighted by Crippen LogP contribution is 2.27. The van der Waals surface area contributed by atoms with Gasteiger partial charge in [0.15, 0.2) is 0 Å². The van der Waals surface area contributed by atoms with Crippen LogP contribution in [0.25, 0.3) is 10.9 Å². The maximum atomic E-state index is 12.6. The zero-order valence-corrected chi connectivity index (χ0v) is 18.1. The third-order valence-electron chi connectivity index (χ3n) is 5.67. The molecule has 3 heterocycles. The highest BCUT2D eigenvalue weighted by Gasteiger charge is 2.23. The van der Waals surface area contributed by atoms with Crippen molar-refractivity contribution in [3.05, 3.63) is 28.3 Å². The van der Waals surface area contributed by atoms with Crippen molar-refractivity contribution < 1.29 is 9.53 Å². The molecule has 30 heavy (non-hydrogen) atoms. The first-order valence-electron chi connectivity index (χ1n) is 10.7. The predicted molar refractivity (Wildman–Crippen MR) is 117 cm³/mol. The van der Waals surface area contributed by atoms with Gasteiger partial charge in [-0.15, -0.1) is 0 Å². The van der Waals surface area contributed by atoms with Gasteiger partial charge >= 0.3 is 0 Å². The summed E-state index contributed by atoms with van der Waals surface area (Å²) in [5.41, 5.74) is 1.46. The molecule has 0 atom stereocenters. The van der Waals surface area contributed by atoms with Gasteiger partial charge in [-0.1, -0.05) is 0 Å². The van der Waals surface area contributed by atoms with E-state index in [1.54, 1.807) is 13.3 Å². The summed E-state index contributed by atoms with van der Waals surface area (Å²) in [4.78, 5) is 40.8. The number of aromatic nitrogens is 3. The third-order valence-corrected chi connectivity index (χ3v) is 5.67. The second kappa shape index (κ2) is 10.5. The molecule has 2 aromatic rings. The number of methoxy groups -OCH3 is 1. The second-order valence-electron chi connectivity index (χ2n) is 7.59. The molecule has 2 N–H and O–H groups in total. The molecule has 3 rings (SSSR count). The summed E-state index contributed by atoms with van der Waals surface area (Å²) >= 11 is 0. The Morgan fingerprint density at radius 2 is 2.07 bits per heavy atom. The number of likely N-dealkylation sites (tertiary alicyclic amines) is 1. The lowest BCUT2D eigenvalue weighted by molar-refractivity contribution is -0.122. The first-order chi connectivity index (χ1) is 14.5. The number of nitrogens with zero attached hydrogens (tertiary/aromatic N) is 4. The number of carbonyl (C=O) groups is 1. The molecular formula is C21H32N6O3. The molecule has 1 aliphatic rings. The van der Waals surface area contributed by atoms with E-state index < -0.39 is 0 Å². The van der Waals surface area contributed by atoms with E-state index in [2.05, 4.69) is 43.9 Å². The van der Waals surface area contributed by atoms with Gasteiger partial charge in [0, 0.05) is 44.6 Å². The molecule has 0 aromatic carbocycles. The van der Waals surface area contributed by atoms with Crippen LogP contribution < -0.4 is 15.8 Å². The van der Waals surface area contributed by atoms with Crippen LogP contribution in [0, 0.1) is 0 Å². The molecule has 9 nitrogen and oxygen atoms in total. The Hall–Kier alpha value is -2.52. The van der Waals surface area contributed by atoms with Gasteiger partial charge in [0.1, 0.15) is 0 Å². The van der Waals surface area contributed by atoms with Gasteiger partial charge in [-0.25, -0.2) is 9.97 Å². The van der Waals surface area contributed by atoms with Gasteiger partial charge in [0.2, 0.25) is 11.9 Å². The van der Waals surface area contributed by atoms with E-state index in [4.69, 9.17) is 4.74 Å². The van der Waals surface area contributed by atoms with Crippen molar-refractivity contribution in [1.82, 2.24) is 25.2 Å². The van der Waals surface area contributed by atoms with Gasteiger partial charge in [0.25, 0.3) is 5.56 Å². The minimum absolute atomic E-state index is 0.0187. The summed E-state index contributed by atoms with van der Waals surface area (Å²) in [6, 6.07) is 1.99. The van der Waals surface area contributed by atoms with Gasteiger partial charge in [-0.2, -0.15) is 0 Å². The number of rotatable bonds is 9. The zero-order chi connectivity index (χ0) is 21.5. The number of amides is 1. The smallest absolute Gasteiger partial charge is 0.259 e. The number of anilines is 1. The average Bonchev–Trinajstić information content (AvgIpc) is 2.75. The van der Waals surface area contributed by atoms with Crippen LogP contribution in [-0.4, -0.2) is 78.7 Å². The Balaban J connectivity index is 1.67. The minimum Gasteiger partial charge on any atom is -0.383 e. The van der Waals surface area contributed by atoms with Gasteiger partial charge in [0.05, 0.1) is 24.1 Å². The molecular weight excluding hydrogens is 384 g/mol. The fourth-order valence-corrected chi connectivity index (χ4v) is 3.88. The lowest BCUT2D eigenvalue weighted by Crippen LogP contribution is -2.42. The van der Waals surface area contributed by atoms with E-state index in [1.807, 2.05) is 6.07 Å². The van der Waals surface area contributed by atoms with Crippen molar-refractivity contribution in [2.24, 2.45) is 0 Å². The number of hydrogen-bond acceptors (Lipinski definition) is 7.